The monoisotopic (exact) mass is 319 g/mol. The Bertz CT molecular complexity index is 323. The highest BCUT2D eigenvalue weighted by atomic mass is 127. The van der Waals surface area contributed by atoms with Crippen molar-refractivity contribution in [2.45, 2.75) is 11.7 Å². The summed E-state index contributed by atoms with van der Waals surface area (Å²) in [5, 5.41) is 10.4. The second kappa shape index (κ2) is 3.44. The molecule has 0 bridgehead atoms. The van der Waals surface area contributed by atoms with E-state index in [1.165, 1.54) is 0 Å². The average Bonchev–Trinajstić information content (AvgIpc) is 2.02. The molecule has 1 aliphatic rings. The van der Waals surface area contributed by atoms with E-state index >= 15 is 0 Å². The van der Waals surface area contributed by atoms with Gasteiger partial charge < -0.3 is 10.4 Å². The highest BCUT2D eigenvalue weighted by Gasteiger charge is 2.59. The molecule has 0 spiro atoms. The molecule has 14 heavy (non-hydrogen) atoms. The highest BCUT2D eigenvalue weighted by Crippen LogP contribution is 2.34. The van der Waals surface area contributed by atoms with Crippen molar-refractivity contribution in [3.8, 4) is 0 Å². The van der Waals surface area contributed by atoms with Crippen LogP contribution in [-0.4, -0.2) is 22.8 Å². The van der Waals surface area contributed by atoms with Crippen LogP contribution in [0.2, 0.25) is 0 Å². The first kappa shape index (κ1) is 11.3. The SMILES string of the molecule is O=C(O)C1(C(F)(F)F)C=CC(I)=CN1. The maximum Gasteiger partial charge on any atom is 0.426 e. The average molecular weight is 319 g/mol. The number of dihydropyridines is 1. The molecule has 78 valence electrons. The van der Waals surface area contributed by atoms with Gasteiger partial charge in [0.25, 0.3) is 5.54 Å². The fraction of sp³-hybridized carbons (Fsp3) is 0.286. The molecule has 3 nitrogen and oxygen atoms in total. The number of carbonyl (C=O) groups is 1. The van der Waals surface area contributed by atoms with Gasteiger partial charge in [-0.05, 0) is 34.7 Å². The predicted molar refractivity (Wildman–Crippen MR) is 50.8 cm³/mol. The van der Waals surface area contributed by atoms with Crippen molar-refractivity contribution in [3.05, 3.63) is 21.9 Å². The predicted octanol–water partition coefficient (Wildman–Crippen LogP) is 1.81. The molecule has 0 aromatic carbocycles. The highest BCUT2D eigenvalue weighted by molar-refractivity contribution is 14.1. The van der Waals surface area contributed by atoms with Crippen molar-refractivity contribution >= 4 is 28.6 Å². The first-order valence-corrected chi connectivity index (χ1v) is 4.50. The van der Waals surface area contributed by atoms with Crippen molar-refractivity contribution in [3.63, 3.8) is 0 Å². The molecule has 0 aliphatic carbocycles. The minimum Gasteiger partial charge on any atom is -0.479 e. The molecule has 0 fully saturated rings. The van der Waals surface area contributed by atoms with Gasteiger partial charge in [-0.25, -0.2) is 4.79 Å². The van der Waals surface area contributed by atoms with E-state index in [0.29, 0.717) is 9.66 Å². The number of allylic oxidation sites excluding steroid dienone is 2. The van der Waals surface area contributed by atoms with Crippen molar-refractivity contribution < 1.29 is 23.1 Å². The Morgan fingerprint density at radius 1 is 1.57 bits per heavy atom. The molecule has 0 aromatic heterocycles. The van der Waals surface area contributed by atoms with Crippen LogP contribution in [0.15, 0.2) is 21.9 Å². The number of hydrogen-bond donors (Lipinski definition) is 2. The second-order valence-electron chi connectivity index (χ2n) is 2.62. The zero-order valence-electron chi connectivity index (χ0n) is 6.60. The van der Waals surface area contributed by atoms with E-state index in [-0.39, 0.29) is 0 Å². The van der Waals surface area contributed by atoms with Crippen LogP contribution in [0, 0.1) is 0 Å². The van der Waals surface area contributed by atoms with Crippen LogP contribution in [0.3, 0.4) is 0 Å². The lowest BCUT2D eigenvalue weighted by atomic mass is 9.97. The summed E-state index contributed by atoms with van der Waals surface area (Å²) in [7, 11) is 0. The molecule has 0 saturated carbocycles. The lowest BCUT2D eigenvalue weighted by Crippen LogP contribution is -2.60. The van der Waals surface area contributed by atoms with Gasteiger partial charge in [-0.15, -0.1) is 0 Å². The third-order valence-electron chi connectivity index (χ3n) is 1.71. The smallest absolute Gasteiger partial charge is 0.426 e. The van der Waals surface area contributed by atoms with Crippen LogP contribution < -0.4 is 5.32 Å². The van der Waals surface area contributed by atoms with Gasteiger partial charge in [0.1, 0.15) is 0 Å². The number of alkyl halides is 3. The molecule has 0 radical (unpaired) electrons. The number of aliphatic carboxylic acids is 1. The van der Waals surface area contributed by atoms with Gasteiger partial charge in [0, 0.05) is 9.78 Å². The number of hydrogen-bond acceptors (Lipinski definition) is 2. The maximum atomic E-state index is 12.4. The van der Waals surface area contributed by atoms with Gasteiger partial charge in [-0.2, -0.15) is 13.2 Å². The molecule has 0 saturated heterocycles. The Kier molecular flexibility index (Phi) is 2.79. The maximum absolute atomic E-state index is 12.4. The number of carboxylic acid groups (broad SMARTS) is 1. The van der Waals surface area contributed by atoms with Crippen LogP contribution in [-0.2, 0) is 4.79 Å². The van der Waals surface area contributed by atoms with Crippen LogP contribution in [0.1, 0.15) is 0 Å². The van der Waals surface area contributed by atoms with Gasteiger partial charge in [-0.3, -0.25) is 0 Å². The van der Waals surface area contributed by atoms with Crippen LogP contribution in [0.25, 0.3) is 0 Å². The Morgan fingerprint density at radius 2 is 2.14 bits per heavy atom. The van der Waals surface area contributed by atoms with E-state index in [9.17, 15) is 18.0 Å². The Hall–Kier alpha value is -0.730. The summed E-state index contributed by atoms with van der Waals surface area (Å²) in [6.45, 7) is 0. The molecule has 2 N–H and O–H groups in total. The Morgan fingerprint density at radius 3 is 2.43 bits per heavy atom. The summed E-state index contributed by atoms with van der Waals surface area (Å²) in [5.41, 5.74) is -3.00. The minimum atomic E-state index is -4.87. The zero-order chi connectivity index (χ0) is 11.0. The molecular formula is C7H5F3INO2. The first-order valence-electron chi connectivity index (χ1n) is 3.42. The van der Waals surface area contributed by atoms with Gasteiger partial charge in [0.05, 0.1) is 0 Å². The number of halogens is 4. The van der Waals surface area contributed by atoms with Crippen LogP contribution in [0.4, 0.5) is 13.2 Å². The van der Waals surface area contributed by atoms with Crippen LogP contribution in [0.5, 0.6) is 0 Å². The summed E-state index contributed by atoms with van der Waals surface area (Å²) in [6.07, 6.45) is -2.15. The summed E-state index contributed by atoms with van der Waals surface area (Å²) in [6, 6.07) is 0. The summed E-state index contributed by atoms with van der Waals surface area (Å²) in [5.74, 6) is -1.97. The standard InChI is InChI=1S/C7H5F3INO2/c8-7(9,10)6(5(13)14)2-1-4(11)3-12-6/h1-3,12H,(H,13,14). The molecule has 7 heteroatoms. The van der Waals surface area contributed by atoms with Crippen molar-refractivity contribution in [2.24, 2.45) is 0 Å². The van der Waals surface area contributed by atoms with E-state index in [0.717, 1.165) is 12.3 Å². The molecule has 0 aromatic rings. The van der Waals surface area contributed by atoms with E-state index in [1.807, 2.05) is 5.32 Å². The molecule has 1 unspecified atom stereocenters. The third kappa shape index (κ3) is 1.72. The fourth-order valence-corrected chi connectivity index (χ4v) is 1.25. The van der Waals surface area contributed by atoms with Crippen molar-refractivity contribution in [2.75, 3.05) is 0 Å². The quantitative estimate of drug-likeness (QED) is 0.725. The zero-order valence-corrected chi connectivity index (χ0v) is 8.76. The number of rotatable bonds is 1. The number of carboxylic acids is 1. The largest absolute Gasteiger partial charge is 0.479 e. The fourth-order valence-electron chi connectivity index (χ4n) is 0.914. The molecule has 1 rings (SSSR count). The van der Waals surface area contributed by atoms with Crippen molar-refractivity contribution in [1.29, 1.82) is 0 Å². The molecule has 1 heterocycles. The van der Waals surface area contributed by atoms with E-state index in [4.69, 9.17) is 5.11 Å². The lowest BCUT2D eigenvalue weighted by molar-refractivity contribution is -0.196. The topological polar surface area (TPSA) is 49.3 Å². The second-order valence-corrected chi connectivity index (χ2v) is 3.86. The summed E-state index contributed by atoms with van der Waals surface area (Å²) < 4.78 is 37.8. The van der Waals surface area contributed by atoms with E-state index in [2.05, 4.69) is 0 Å². The molecule has 1 atom stereocenters. The van der Waals surface area contributed by atoms with E-state index in [1.54, 1.807) is 22.6 Å². The van der Waals surface area contributed by atoms with Crippen molar-refractivity contribution in [1.82, 2.24) is 5.32 Å². The summed E-state index contributed by atoms with van der Waals surface area (Å²) >= 11 is 1.78. The van der Waals surface area contributed by atoms with Gasteiger partial charge >= 0.3 is 12.1 Å². The summed E-state index contributed by atoms with van der Waals surface area (Å²) in [4.78, 5) is 10.6. The van der Waals surface area contributed by atoms with Gasteiger partial charge in [0.2, 0.25) is 0 Å². The molecular weight excluding hydrogens is 314 g/mol. The lowest BCUT2D eigenvalue weighted by Gasteiger charge is -2.30. The Balaban J connectivity index is 3.12. The Labute approximate surface area is 90.8 Å². The third-order valence-corrected chi connectivity index (χ3v) is 2.39. The number of nitrogens with one attached hydrogen (secondary N) is 1. The first-order chi connectivity index (χ1) is 6.29. The van der Waals surface area contributed by atoms with Crippen LogP contribution >= 0.6 is 22.6 Å². The van der Waals surface area contributed by atoms with Gasteiger partial charge in [0.15, 0.2) is 0 Å². The normalized spacial score (nSPS) is 26.7. The van der Waals surface area contributed by atoms with E-state index < -0.39 is 17.7 Å². The minimum absolute atomic E-state index is 0.503. The van der Waals surface area contributed by atoms with Gasteiger partial charge in [-0.1, -0.05) is 0 Å². The molecule has 1 aliphatic heterocycles. The molecule has 0 amide bonds.